The van der Waals surface area contributed by atoms with E-state index in [1.54, 1.807) is 4.57 Å². The van der Waals surface area contributed by atoms with Gasteiger partial charge in [-0.2, -0.15) is 4.98 Å². The van der Waals surface area contributed by atoms with Crippen molar-refractivity contribution in [2.45, 2.75) is 44.2 Å². The van der Waals surface area contributed by atoms with Crippen LogP contribution in [0.25, 0.3) is 11.3 Å². The van der Waals surface area contributed by atoms with Crippen LogP contribution in [0.3, 0.4) is 0 Å². The van der Waals surface area contributed by atoms with Crippen molar-refractivity contribution in [2.24, 2.45) is 11.8 Å². The molecule has 0 unspecified atom stereocenters. The third-order valence-corrected chi connectivity index (χ3v) is 6.40. The average molecular weight is 374 g/mol. The summed E-state index contributed by atoms with van der Waals surface area (Å²) in [5, 5.41) is 0. The lowest BCUT2D eigenvalue weighted by Crippen LogP contribution is -2.42. The van der Waals surface area contributed by atoms with Crippen LogP contribution in [-0.4, -0.2) is 28.4 Å². The highest BCUT2D eigenvalue weighted by atomic mass is 16.6. The van der Waals surface area contributed by atoms with Gasteiger partial charge in [-0.25, -0.2) is 4.79 Å². The van der Waals surface area contributed by atoms with E-state index < -0.39 is 0 Å². The third kappa shape index (κ3) is 2.75. The van der Waals surface area contributed by atoms with Gasteiger partial charge < -0.3 is 9.47 Å². The van der Waals surface area contributed by atoms with E-state index in [0.29, 0.717) is 30.9 Å². The molecule has 0 spiro atoms. The van der Waals surface area contributed by atoms with Gasteiger partial charge in [0.15, 0.2) is 0 Å². The SMILES string of the molecule is O=c1nc(OCC23CC(CO2)C3)cc2n1CCc1cc(C#CC3CC3)ccc1-2. The van der Waals surface area contributed by atoms with Crippen molar-refractivity contribution in [3.8, 4) is 29.0 Å². The van der Waals surface area contributed by atoms with Crippen molar-refractivity contribution in [1.29, 1.82) is 0 Å². The van der Waals surface area contributed by atoms with E-state index in [1.165, 1.54) is 18.4 Å². The van der Waals surface area contributed by atoms with E-state index in [1.807, 2.05) is 6.07 Å². The summed E-state index contributed by atoms with van der Waals surface area (Å²) in [6.45, 7) is 1.95. The molecule has 4 heterocycles. The Morgan fingerprint density at radius 1 is 1.29 bits per heavy atom. The summed E-state index contributed by atoms with van der Waals surface area (Å²) < 4.78 is 13.5. The summed E-state index contributed by atoms with van der Waals surface area (Å²) in [7, 11) is 0. The highest BCUT2D eigenvalue weighted by molar-refractivity contribution is 5.68. The van der Waals surface area contributed by atoms with Gasteiger partial charge in [-0.05, 0) is 55.7 Å². The highest BCUT2D eigenvalue weighted by Crippen LogP contribution is 2.48. The minimum atomic E-state index is -0.243. The fraction of sp³-hybridized carbons (Fsp3) is 0.478. The summed E-state index contributed by atoms with van der Waals surface area (Å²) in [5.74, 6) is 8.30. The van der Waals surface area contributed by atoms with Crippen LogP contribution in [0.4, 0.5) is 0 Å². The molecule has 0 amide bonds. The molecular formula is C23H22N2O3. The van der Waals surface area contributed by atoms with Crippen LogP contribution in [0.15, 0.2) is 29.1 Å². The van der Waals surface area contributed by atoms with Gasteiger partial charge in [-0.3, -0.25) is 4.57 Å². The fourth-order valence-corrected chi connectivity index (χ4v) is 4.66. The van der Waals surface area contributed by atoms with Crippen molar-refractivity contribution < 1.29 is 9.47 Å². The molecule has 7 rings (SSSR count). The van der Waals surface area contributed by atoms with E-state index in [9.17, 15) is 4.79 Å². The summed E-state index contributed by atoms with van der Waals surface area (Å²) in [5.41, 5.74) is 3.86. The first-order chi connectivity index (χ1) is 13.7. The van der Waals surface area contributed by atoms with Crippen molar-refractivity contribution >= 4 is 0 Å². The topological polar surface area (TPSA) is 53.4 Å². The molecule has 3 aliphatic heterocycles. The smallest absolute Gasteiger partial charge is 0.351 e. The maximum atomic E-state index is 12.5. The molecule has 2 bridgehead atoms. The maximum absolute atomic E-state index is 12.5. The minimum absolute atomic E-state index is 0.147. The molecule has 1 aromatic heterocycles. The second kappa shape index (κ2) is 5.96. The van der Waals surface area contributed by atoms with Crippen molar-refractivity contribution in [3.63, 3.8) is 0 Å². The second-order valence-corrected chi connectivity index (χ2v) is 8.64. The van der Waals surface area contributed by atoms with E-state index in [0.717, 1.165) is 42.7 Å². The van der Waals surface area contributed by atoms with Gasteiger partial charge in [-0.15, -0.1) is 0 Å². The third-order valence-electron chi connectivity index (χ3n) is 6.40. The van der Waals surface area contributed by atoms with Gasteiger partial charge >= 0.3 is 5.69 Å². The lowest BCUT2D eigenvalue weighted by atomic mass is 9.75. The Balaban J connectivity index is 1.30. The van der Waals surface area contributed by atoms with Crippen LogP contribution >= 0.6 is 0 Å². The number of nitrogens with zero attached hydrogens (tertiary/aromatic N) is 2. The molecule has 5 aliphatic rings. The summed E-state index contributed by atoms with van der Waals surface area (Å²) >= 11 is 0. The van der Waals surface area contributed by atoms with E-state index >= 15 is 0 Å². The largest absolute Gasteiger partial charge is 0.474 e. The zero-order chi connectivity index (χ0) is 18.7. The molecule has 0 radical (unpaired) electrons. The van der Waals surface area contributed by atoms with E-state index in [-0.39, 0.29) is 11.3 Å². The number of fused-ring (bicyclic) bond motifs is 4. The number of hydrogen-bond acceptors (Lipinski definition) is 4. The van der Waals surface area contributed by atoms with Crippen LogP contribution in [-0.2, 0) is 17.7 Å². The normalized spacial score (nSPS) is 26.5. The quantitative estimate of drug-likeness (QED) is 0.776. The Kier molecular flexibility index (Phi) is 3.48. The van der Waals surface area contributed by atoms with Gasteiger partial charge in [0, 0.05) is 29.7 Å². The van der Waals surface area contributed by atoms with Crippen molar-refractivity contribution in [1.82, 2.24) is 9.55 Å². The maximum Gasteiger partial charge on any atom is 0.351 e. The van der Waals surface area contributed by atoms with Crippen LogP contribution < -0.4 is 10.4 Å². The predicted molar refractivity (Wildman–Crippen MR) is 104 cm³/mol. The Bertz CT molecular complexity index is 1080. The molecular weight excluding hydrogens is 352 g/mol. The molecule has 5 nitrogen and oxygen atoms in total. The average Bonchev–Trinajstić information content (AvgIpc) is 3.29. The number of aromatic nitrogens is 2. The second-order valence-electron chi connectivity index (χ2n) is 8.64. The standard InChI is InChI=1S/C23H22N2O3/c26-22-24-21(27-14-23-11-17(12-23)13-28-23)10-20-19-6-5-16(4-3-15-1-2-15)9-18(19)7-8-25(20)22/h5-6,9-10,15,17H,1-2,7-8,11-14H2. The van der Waals surface area contributed by atoms with Crippen LogP contribution in [0, 0.1) is 23.7 Å². The number of ether oxygens (including phenoxy) is 2. The molecule has 0 atom stereocenters. The molecule has 2 saturated heterocycles. The first-order valence-corrected chi connectivity index (χ1v) is 10.2. The summed E-state index contributed by atoms with van der Waals surface area (Å²) in [6.07, 6.45) is 5.41. The summed E-state index contributed by atoms with van der Waals surface area (Å²) in [6, 6.07) is 8.20. The highest BCUT2D eigenvalue weighted by Gasteiger charge is 2.52. The Morgan fingerprint density at radius 2 is 2.18 bits per heavy atom. The lowest BCUT2D eigenvalue weighted by molar-refractivity contribution is -0.0369. The van der Waals surface area contributed by atoms with Gasteiger partial charge in [0.05, 0.1) is 12.3 Å². The van der Waals surface area contributed by atoms with Crippen LogP contribution in [0.2, 0.25) is 0 Å². The molecule has 28 heavy (non-hydrogen) atoms. The molecule has 5 heteroatoms. The first kappa shape index (κ1) is 16.4. The first-order valence-electron chi connectivity index (χ1n) is 10.2. The molecule has 2 aliphatic carbocycles. The van der Waals surface area contributed by atoms with Gasteiger partial charge in [0.2, 0.25) is 5.88 Å². The van der Waals surface area contributed by atoms with Gasteiger partial charge in [0.1, 0.15) is 12.2 Å². The van der Waals surface area contributed by atoms with Crippen molar-refractivity contribution in [2.75, 3.05) is 13.2 Å². The summed E-state index contributed by atoms with van der Waals surface area (Å²) in [4.78, 5) is 16.7. The molecule has 142 valence electrons. The zero-order valence-electron chi connectivity index (χ0n) is 15.7. The molecule has 4 fully saturated rings. The zero-order valence-corrected chi connectivity index (χ0v) is 15.7. The lowest BCUT2D eigenvalue weighted by Gasteiger charge is -2.35. The predicted octanol–water partition coefficient (Wildman–Crippen LogP) is 2.79. The van der Waals surface area contributed by atoms with Crippen LogP contribution in [0.1, 0.15) is 36.8 Å². The van der Waals surface area contributed by atoms with Crippen LogP contribution in [0.5, 0.6) is 5.88 Å². The number of aryl methyl sites for hydroxylation is 1. The number of rotatable bonds is 3. The van der Waals surface area contributed by atoms with E-state index in [2.05, 4.69) is 35.0 Å². The Hall–Kier alpha value is -2.58. The molecule has 2 saturated carbocycles. The van der Waals surface area contributed by atoms with E-state index in [4.69, 9.17) is 9.47 Å². The minimum Gasteiger partial charge on any atom is -0.474 e. The van der Waals surface area contributed by atoms with Gasteiger partial charge in [0.25, 0.3) is 0 Å². The number of benzene rings is 1. The van der Waals surface area contributed by atoms with Gasteiger partial charge in [-0.1, -0.05) is 17.9 Å². The van der Waals surface area contributed by atoms with Crippen molar-refractivity contribution in [3.05, 3.63) is 45.9 Å². The molecule has 2 aromatic rings. The molecule has 1 aromatic carbocycles. The Morgan fingerprint density at radius 3 is 2.96 bits per heavy atom. The Labute approximate surface area is 163 Å². The monoisotopic (exact) mass is 374 g/mol. The number of hydrogen-bond donors (Lipinski definition) is 0. The molecule has 0 N–H and O–H groups in total. The fourth-order valence-electron chi connectivity index (χ4n) is 4.66.